The number of hydrogen-bond donors (Lipinski definition) is 1. The highest BCUT2D eigenvalue weighted by molar-refractivity contribution is 6.47. The lowest BCUT2D eigenvalue weighted by Gasteiger charge is -2.64. The predicted octanol–water partition coefficient (Wildman–Crippen LogP) is 3.60. The van der Waals surface area contributed by atoms with E-state index in [4.69, 9.17) is 9.31 Å². The lowest BCUT2D eigenvalue weighted by molar-refractivity contribution is -0.199. The van der Waals surface area contributed by atoms with E-state index < -0.39 is 0 Å². The lowest BCUT2D eigenvalue weighted by atomic mass is 9.43. The molecule has 5 atom stereocenters. The third kappa shape index (κ3) is 2.34. The minimum atomic E-state index is -0.214. The van der Waals surface area contributed by atoms with Crippen molar-refractivity contribution in [3.05, 3.63) is 48.7 Å². The zero-order chi connectivity index (χ0) is 16.9. The summed E-state index contributed by atoms with van der Waals surface area (Å²) < 4.78 is 13.0. The molecule has 0 amide bonds. The topological polar surface area (TPSA) is 30.5 Å². The molecule has 4 heteroatoms. The Hall–Kier alpha value is -1.26. The maximum Gasteiger partial charge on any atom is 0.481 e. The molecule has 3 aliphatic carbocycles. The van der Waals surface area contributed by atoms with Gasteiger partial charge in [-0.2, -0.15) is 0 Å². The second-order valence-electron chi connectivity index (χ2n) is 8.50. The van der Waals surface area contributed by atoms with Crippen LogP contribution in [0.2, 0.25) is 0 Å². The maximum absolute atomic E-state index is 6.59. The molecule has 1 aliphatic heterocycles. The fourth-order valence-electron chi connectivity index (χ4n) is 5.32. The standard InChI is InChI=1S/C20H28BNO2/c1-5-22-18(11-14-9-7-6-8-10-14)21-23-17-13-15-12-16(19(15,2)3)20(17,4)24-21/h5-10,15-18,22H,1,11-13H2,2-4H3/t15?,16?,17-,18+,20+/m1/s1. The van der Waals surface area contributed by atoms with Crippen LogP contribution in [0, 0.1) is 17.3 Å². The minimum absolute atomic E-state index is 0.0904. The molecule has 3 nitrogen and oxygen atoms in total. The first kappa shape index (κ1) is 16.2. The molecule has 2 bridgehead atoms. The highest BCUT2D eigenvalue weighted by Crippen LogP contribution is 2.65. The summed E-state index contributed by atoms with van der Waals surface area (Å²) >= 11 is 0. The first-order valence-electron chi connectivity index (χ1n) is 9.19. The van der Waals surface area contributed by atoms with Gasteiger partial charge in [0.15, 0.2) is 0 Å². The van der Waals surface area contributed by atoms with E-state index in [1.54, 1.807) is 6.20 Å². The van der Waals surface area contributed by atoms with Gasteiger partial charge in [-0.15, -0.1) is 0 Å². The van der Waals surface area contributed by atoms with Crippen molar-refractivity contribution in [3.63, 3.8) is 0 Å². The molecule has 1 heterocycles. The van der Waals surface area contributed by atoms with E-state index in [1.807, 2.05) is 6.07 Å². The summed E-state index contributed by atoms with van der Waals surface area (Å²) in [5.74, 6) is 1.47. The molecule has 1 saturated heterocycles. The van der Waals surface area contributed by atoms with Crippen LogP contribution in [0.3, 0.4) is 0 Å². The van der Waals surface area contributed by atoms with Gasteiger partial charge in [-0.05, 0) is 55.2 Å². The molecule has 128 valence electrons. The maximum atomic E-state index is 6.59. The van der Waals surface area contributed by atoms with Crippen LogP contribution in [0.25, 0.3) is 0 Å². The molecule has 24 heavy (non-hydrogen) atoms. The second-order valence-corrected chi connectivity index (χ2v) is 8.50. The van der Waals surface area contributed by atoms with Gasteiger partial charge in [-0.1, -0.05) is 50.8 Å². The van der Waals surface area contributed by atoms with Crippen LogP contribution < -0.4 is 5.32 Å². The number of nitrogens with one attached hydrogen (secondary N) is 1. The van der Waals surface area contributed by atoms with Crippen molar-refractivity contribution in [2.75, 3.05) is 0 Å². The van der Waals surface area contributed by atoms with E-state index in [0.29, 0.717) is 11.3 Å². The molecule has 0 radical (unpaired) electrons. The van der Waals surface area contributed by atoms with Gasteiger partial charge >= 0.3 is 7.12 Å². The van der Waals surface area contributed by atoms with Crippen LogP contribution >= 0.6 is 0 Å². The molecule has 1 aromatic carbocycles. The average molecular weight is 325 g/mol. The fourth-order valence-corrected chi connectivity index (χ4v) is 5.32. The van der Waals surface area contributed by atoms with Crippen LogP contribution in [0.5, 0.6) is 0 Å². The smallest absolute Gasteiger partial charge is 0.404 e. The lowest BCUT2D eigenvalue weighted by Crippen LogP contribution is -2.65. The summed E-state index contributed by atoms with van der Waals surface area (Å²) in [6.07, 6.45) is 5.27. The van der Waals surface area contributed by atoms with Gasteiger partial charge in [-0.25, -0.2) is 0 Å². The van der Waals surface area contributed by atoms with E-state index in [1.165, 1.54) is 12.0 Å². The van der Waals surface area contributed by atoms with E-state index >= 15 is 0 Å². The summed E-state index contributed by atoms with van der Waals surface area (Å²) in [4.78, 5) is 0. The van der Waals surface area contributed by atoms with E-state index in [9.17, 15) is 0 Å². The minimum Gasteiger partial charge on any atom is -0.404 e. The highest BCUT2D eigenvalue weighted by Gasteiger charge is 2.68. The number of benzene rings is 1. The fraction of sp³-hybridized carbons (Fsp3) is 0.600. The van der Waals surface area contributed by atoms with E-state index in [2.05, 4.69) is 56.9 Å². The first-order valence-corrected chi connectivity index (χ1v) is 9.19. The van der Waals surface area contributed by atoms with E-state index in [-0.39, 0.29) is 24.8 Å². The molecule has 2 unspecified atom stereocenters. The van der Waals surface area contributed by atoms with Crippen LogP contribution in [0.1, 0.15) is 39.2 Å². The predicted molar refractivity (Wildman–Crippen MR) is 97.4 cm³/mol. The molecule has 3 saturated carbocycles. The quantitative estimate of drug-likeness (QED) is 0.839. The van der Waals surface area contributed by atoms with Gasteiger partial charge in [0.25, 0.3) is 0 Å². The Morgan fingerprint density at radius 2 is 2.04 bits per heavy atom. The molecule has 4 fully saturated rings. The van der Waals surface area contributed by atoms with Crippen LogP contribution in [0.15, 0.2) is 43.1 Å². The Kier molecular flexibility index (Phi) is 3.81. The van der Waals surface area contributed by atoms with Crippen LogP contribution in [-0.2, 0) is 15.7 Å². The first-order chi connectivity index (χ1) is 11.4. The second kappa shape index (κ2) is 5.64. The summed E-state index contributed by atoms with van der Waals surface area (Å²) in [7, 11) is -0.214. The Bertz CT molecular complexity index is 619. The zero-order valence-corrected chi connectivity index (χ0v) is 15.0. The summed E-state index contributed by atoms with van der Waals surface area (Å²) in [6, 6.07) is 10.5. The monoisotopic (exact) mass is 325 g/mol. The van der Waals surface area contributed by atoms with Gasteiger partial charge < -0.3 is 14.6 Å². The van der Waals surface area contributed by atoms with Gasteiger partial charge in [0.1, 0.15) is 0 Å². The summed E-state index contributed by atoms with van der Waals surface area (Å²) in [5.41, 5.74) is 1.51. The Labute approximate surface area is 146 Å². The third-order valence-electron chi connectivity index (χ3n) is 6.93. The van der Waals surface area contributed by atoms with Gasteiger partial charge in [0, 0.05) is 0 Å². The normalized spacial score (nSPS) is 37.3. The highest BCUT2D eigenvalue weighted by atomic mass is 16.7. The molecule has 1 N–H and O–H groups in total. The Morgan fingerprint density at radius 1 is 1.29 bits per heavy atom. The summed E-state index contributed by atoms with van der Waals surface area (Å²) in [6.45, 7) is 10.9. The molecule has 0 aromatic heterocycles. The SMILES string of the molecule is C=CN[C@@H](Cc1ccccc1)B1O[C@@H]2CC3CC(C3(C)C)[C@]2(C)O1. The van der Waals surface area contributed by atoms with E-state index in [0.717, 1.165) is 18.8 Å². The van der Waals surface area contributed by atoms with Crippen LogP contribution in [-0.4, -0.2) is 24.8 Å². The molecular formula is C20H28BNO2. The molecule has 4 aliphatic rings. The van der Waals surface area contributed by atoms with Crippen molar-refractivity contribution < 1.29 is 9.31 Å². The zero-order valence-electron chi connectivity index (χ0n) is 15.0. The van der Waals surface area contributed by atoms with Crippen molar-refractivity contribution in [2.24, 2.45) is 17.3 Å². The van der Waals surface area contributed by atoms with Crippen molar-refractivity contribution >= 4 is 7.12 Å². The third-order valence-corrected chi connectivity index (χ3v) is 6.93. The largest absolute Gasteiger partial charge is 0.481 e. The number of rotatable bonds is 5. The van der Waals surface area contributed by atoms with Crippen LogP contribution in [0.4, 0.5) is 0 Å². The molecular weight excluding hydrogens is 297 g/mol. The van der Waals surface area contributed by atoms with Gasteiger partial charge in [-0.3, -0.25) is 0 Å². The summed E-state index contributed by atoms with van der Waals surface area (Å²) in [5, 5.41) is 3.36. The number of hydrogen-bond acceptors (Lipinski definition) is 3. The van der Waals surface area contributed by atoms with Crippen molar-refractivity contribution in [1.29, 1.82) is 0 Å². The van der Waals surface area contributed by atoms with Gasteiger partial charge in [0.2, 0.25) is 0 Å². The molecule has 5 rings (SSSR count). The van der Waals surface area contributed by atoms with Crippen molar-refractivity contribution in [2.45, 2.75) is 57.7 Å². The average Bonchev–Trinajstić information content (AvgIpc) is 2.92. The van der Waals surface area contributed by atoms with Gasteiger partial charge in [0.05, 0.1) is 17.6 Å². The van der Waals surface area contributed by atoms with Crippen molar-refractivity contribution in [3.8, 4) is 0 Å². The Morgan fingerprint density at radius 3 is 2.71 bits per heavy atom. The molecule has 0 spiro atoms. The Balaban J connectivity index is 1.53. The molecule has 1 aromatic rings. The van der Waals surface area contributed by atoms with Crippen molar-refractivity contribution in [1.82, 2.24) is 5.32 Å².